The number of carbonyl (C=O) groups excluding carboxylic acids is 1. The first-order chi connectivity index (χ1) is 13.0. The van der Waals surface area contributed by atoms with Crippen LogP contribution in [0.2, 0.25) is 0 Å². The minimum Gasteiger partial charge on any atom is -0.487 e. The van der Waals surface area contributed by atoms with E-state index in [1.54, 1.807) is 6.20 Å². The van der Waals surface area contributed by atoms with E-state index in [9.17, 15) is 4.79 Å². The van der Waals surface area contributed by atoms with Gasteiger partial charge in [-0.25, -0.2) is 0 Å². The summed E-state index contributed by atoms with van der Waals surface area (Å²) in [6, 6.07) is 13.5. The molecule has 3 rings (SSSR count). The smallest absolute Gasteiger partial charge is 0.225 e. The first-order valence-corrected chi connectivity index (χ1v) is 9.67. The van der Waals surface area contributed by atoms with Gasteiger partial charge in [0, 0.05) is 11.7 Å². The van der Waals surface area contributed by atoms with Gasteiger partial charge in [-0.05, 0) is 56.5 Å². The summed E-state index contributed by atoms with van der Waals surface area (Å²) in [5.41, 5.74) is 7.84. The van der Waals surface area contributed by atoms with Crippen LogP contribution in [-0.4, -0.2) is 16.4 Å². The molecule has 1 fully saturated rings. The van der Waals surface area contributed by atoms with Gasteiger partial charge in [-0.3, -0.25) is 9.78 Å². The topological polar surface area (TPSA) is 77.2 Å². The Balaban J connectivity index is 1.61. The molecular formula is C22H29N3O2. The fraction of sp³-hybridized carbons (Fsp3) is 0.455. The van der Waals surface area contributed by atoms with Crippen molar-refractivity contribution in [3.8, 4) is 5.75 Å². The molecule has 144 valence electrons. The van der Waals surface area contributed by atoms with Crippen molar-refractivity contribution in [3.05, 3.63) is 59.9 Å². The quantitative estimate of drug-likeness (QED) is 0.815. The highest BCUT2D eigenvalue weighted by molar-refractivity contribution is 5.80. The summed E-state index contributed by atoms with van der Waals surface area (Å²) in [5, 5.41) is 3.14. The molecule has 1 aromatic heterocycles. The van der Waals surface area contributed by atoms with Crippen molar-refractivity contribution in [3.63, 3.8) is 0 Å². The maximum atomic E-state index is 12.8. The van der Waals surface area contributed by atoms with E-state index in [0.717, 1.165) is 42.7 Å². The summed E-state index contributed by atoms with van der Waals surface area (Å²) in [4.78, 5) is 17.0. The van der Waals surface area contributed by atoms with Crippen LogP contribution >= 0.6 is 0 Å². The van der Waals surface area contributed by atoms with Crippen LogP contribution in [-0.2, 0) is 11.4 Å². The molecule has 27 heavy (non-hydrogen) atoms. The summed E-state index contributed by atoms with van der Waals surface area (Å²) < 4.78 is 5.84. The van der Waals surface area contributed by atoms with Crippen LogP contribution in [0.4, 0.5) is 0 Å². The van der Waals surface area contributed by atoms with Crippen molar-refractivity contribution in [1.29, 1.82) is 0 Å². The SMILES string of the molecule is CC(NC(=O)C1CCCCC1(C)N)c1cccc(OCc2ccccn2)c1. The monoisotopic (exact) mass is 367 g/mol. The van der Waals surface area contributed by atoms with Gasteiger partial charge in [-0.15, -0.1) is 0 Å². The molecule has 3 N–H and O–H groups in total. The van der Waals surface area contributed by atoms with Gasteiger partial charge in [-0.2, -0.15) is 0 Å². The normalized spacial score (nSPS) is 23.4. The van der Waals surface area contributed by atoms with Gasteiger partial charge in [0.1, 0.15) is 12.4 Å². The molecule has 0 radical (unpaired) electrons. The molecule has 5 nitrogen and oxygen atoms in total. The van der Waals surface area contributed by atoms with Gasteiger partial charge in [-0.1, -0.05) is 31.0 Å². The molecule has 1 amide bonds. The number of aromatic nitrogens is 1. The van der Waals surface area contributed by atoms with Crippen LogP contribution in [0, 0.1) is 5.92 Å². The van der Waals surface area contributed by atoms with E-state index in [0.29, 0.717) is 6.61 Å². The summed E-state index contributed by atoms with van der Waals surface area (Å²) in [6.07, 6.45) is 5.68. The van der Waals surface area contributed by atoms with Crippen LogP contribution in [0.3, 0.4) is 0 Å². The van der Waals surface area contributed by atoms with Crippen LogP contribution in [0.25, 0.3) is 0 Å². The second-order valence-electron chi connectivity index (χ2n) is 7.72. The number of carbonyl (C=O) groups is 1. The molecule has 1 aliphatic carbocycles. The fourth-order valence-corrected chi connectivity index (χ4v) is 3.70. The molecule has 3 atom stereocenters. The number of ether oxygens (including phenoxy) is 1. The summed E-state index contributed by atoms with van der Waals surface area (Å²) in [5.74, 6) is 0.685. The third kappa shape index (κ3) is 5.07. The molecule has 0 bridgehead atoms. The average molecular weight is 367 g/mol. The average Bonchev–Trinajstić information content (AvgIpc) is 2.67. The lowest BCUT2D eigenvalue weighted by Gasteiger charge is -2.37. The van der Waals surface area contributed by atoms with Gasteiger partial charge in [0.05, 0.1) is 17.7 Å². The molecule has 0 spiro atoms. The highest BCUT2D eigenvalue weighted by Gasteiger charge is 2.38. The van der Waals surface area contributed by atoms with Crippen LogP contribution in [0.15, 0.2) is 48.7 Å². The number of nitrogens with zero attached hydrogens (tertiary/aromatic N) is 1. The third-order valence-electron chi connectivity index (χ3n) is 5.40. The zero-order valence-electron chi connectivity index (χ0n) is 16.2. The van der Waals surface area contributed by atoms with Gasteiger partial charge in [0.25, 0.3) is 0 Å². The van der Waals surface area contributed by atoms with E-state index < -0.39 is 5.54 Å². The van der Waals surface area contributed by atoms with Gasteiger partial charge >= 0.3 is 0 Å². The number of rotatable bonds is 6. The molecule has 3 unspecified atom stereocenters. The maximum absolute atomic E-state index is 12.8. The second kappa shape index (κ2) is 8.53. The van der Waals surface area contributed by atoms with Crippen molar-refractivity contribution in [2.75, 3.05) is 0 Å². The Labute approximate surface area is 161 Å². The van der Waals surface area contributed by atoms with E-state index in [4.69, 9.17) is 10.5 Å². The van der Waals surface area contributed by atoms with Gasteiger partial charge < -0.3 is 15.8 Å². The van der Waals surface area contributed by atoms with Crippen molar-refractivity contribution >= 4 is 5.91 Å². The molecule has 5 heteroatoms. The molecule has 0 aliphatic heterocycles. The van der Waals surface area contributed by atoms with Crippen molar-refractivity contribution in [2.24, 2.45) is 11.7 Å². The number of nitrogens with two attached hydrogens (primary N) is 1. The minimum absolute atomic E-state index is 0.0482. The lowest BCUT2D eigenvalue weighted by Crippen LogP contribution is -2.53. The predicted molar refractivity (Wildman–Crippen MR) is 106 cm³/mol. The van der Waals surface area contributed by atoms with Crippen LogP contribution in [0.1, 0.15) is 56.8 Å². The Kier molecular flexibility index (Phi) is 6.11. The maximum Gasteiger partial charge on any atom is 0.225 e. The zero-order valence-corrected chi connectivity index (χ0v) is 16.2. The highest BCUT2D eigenvalue weighted by atomic mass is 16.5. The molecular weight excluding hydrogens is 338 g/mol. The van der Waals surface area contributed by atoms with E-state index in [2.05, 4.69) is 10.3 Å². The predicted octanol–water partition coefficient (Wildman–Crippen LogP) is 3.75. The number of amides is 1. The number of pyridine rings is 1. The number of nitrogens with one attached hydrogen (secondary N) is 1. The van der Waals surface area contributed by atoms with Crippen molar-refractivity contribution in [2.45, 2.75) is 57.7 Å². The Bertz CT molecular complexity index is 761. The molecule has 1 heterocycles. The highest BCUT2D eigenvalue weighted by Crippen LogP contribution is 2.32. The number of hydrogen-bond acceptors (Lipinski definition) is 4. The largest absolute Gasteiger partial charge is 0.487 e. The summed E-state index contributed by atoms with van der Waals surface area (Å²) in [6.45, 7) is 4.40. The first kappa shape index (κ1) is 19.4. The Morgan fingerprint density at radius 1 is 1.33 bits per heavy atom. The minimum atomic E-state index is -0.421. The van der Waals surface area contributed by atoms with E-state index in [-0.39, 0.29) is 17.9 Å². The molecule has 1 aromatic carbocycles. The van der Waals surface area contributed by atoms with E-state index >= 15 is 0 Å². The zero-order chi connectivity index (χ0) is 19.3. The van der Waals surface area contributed by atoms with E-state index in [1.807, 2.05) is 56.3 Å². The van der Waals surface area contributed by atoms with Gasteiger partial charge in [0.15, 0.2) is 0 Å². The molecule has 2 aromatic rings. The van der Waals surface area contributed by atoms with Crippen LogP contribution < -0.4 is 15.8 Å². The third-order valence-corrected chi connectivity index (χ3v) is 5.40. The molecule has 0 saturated heterocycles. The number of hydrogen-bond donors (Lipinski definition) is 2. The first-order valence-electron chi connectivity index (χ1n) is 9.67. The second-order valence-corrected chi connectivity index (χ2v) is 7.72. The lowest BCUT2D eigenvalue weighted by atomic mass is 9.74. The Hall–Kier alpha value is -2.40. The summed E-state index contributed by atoms with van der Waals surface area (Å²) >= 11 is 0. The van der Waals surface area contributed by atoms with E-state index in [1.165, 1.54) is 0 Å². The number of benzene rings is 1. The Morgan fingerprint density at radius 2 is 2.19 bits per heavy atom. The molecule has 1 saturated carbocycles. The molecule has 1 aliphatic rings. The summed E-state index contributed by atoms with van der Waals surface area (Å²) in [7, 11) is 0. The lowest BCUT2D eigenvalue weighted by molar-refractivity contribution is -0.128. The van der Waals surface area contributed by atoms with Crippen LogP contribution in [0.5, 0.6) is 5.75 Å². The standard InChI is InChI=1S/C22H29N3O2/c1-16(25-21(26)20-11-3-5-12-22(20,2)23)17-8-7-10-19(14-17)27-15-18-9-4-6-13-24-18/h4,6-10,13-14,16,20H,3,5,11-12,15,23H2,1-2H3,(H,25,26). The van der Waals surface area contributed by atoms with Gasteiger partial charge in [0.2, 0.25) is 5.91 Å². The van der Waals surface area contributed by atoms with Crippen molar-refractivity contribution in [1.82, 2.24) is 10.3 Å². The fourth-order valence-electron chi connectivity index (χ4n) is 3.70. The Morgan fingerprint density at radius 3 is 2.93 bits per heavy atom. The van der Waals surface area contributed by atoms with Crippen molar-refractivity contribution < 1.29 is 9.53 Å².